The van der Waals surface area contributed by atoms with Crippen LogP contribution in [0.2, 0.25) is 5.02 Å². The minimum absolute atomic E-state index is 0.0209. The predicted octanol–water partition coefficient (Wildman–Crippen LogP) is 2.79. The Morgan fingerprint density at radius 1 is 1.10 bits per heavy atom. The van der Waals surface area contributed by atoms with Crippen LogP contribution in [0.3, 0.4) is 0 Å². The second kappa shape index (κ2) is 6.02. The van der Waals surface area contributed by atoms with Crippen molar-refractivity contribution in [2.75, 3.05) is 0 Å². The summed E-state index contributed by atoms with van der Waals surface area (Å²) in [6, 6.07) is 11.5. The van der Waals surface area contributed by atoms with Crippen LogP contribution < -0.4 is 4.83 Å². The average Bonchev–Trinajstić information content (AvgIpc) is 2.41. The molecular weight excluding hydrogens is 303 g/mol. The first kappa shape index (κ1) is 14.5. The van der Waals surface area contributed by atoms with E-state index in [4.69, 9.17) is 11.6 Å². The van der Waals surface area contributed by atoms with E-state index in [9.17, 15) is 12.8 Å². The third kappa shape index (κ3) is 3.55. The number of benzene rings is 2. The second-order valence-corrected chi connectivity index (χ2v) is 5.93. The van der Waals surface area contributed by atoms with Gasteiger partial charge in [-0.3, -0.25) is 0 Å². The third-order valence-corrected chi connectivity index (χ3v) is 3.90. The Kier molecular flexibility index (Phi) is 4.36. The number of sulfonamides is 1. The molecule has 20 heavy (non-hydrogen) atoms. The normalized spacial score (nSPS) is 11.7. The zero-order chi connectivity index (χ0) is 14.6. The number of hydrazone groups is 1. The number of hydrogen-bond donors (Lipinski definition) is 1. The van der Waals surface area contributed by atoms with E-state index in [-0.39, 0.29) is 10.5 Å². The highest BCUT2D eigenvalue weighted by Gasteiger charge is 2.12. The van der Waals surface area contributed by atoms with Gasteiger partial charge in [-0.25, -0.2) is 9.22 Å². The van der Waals surface area contributed by atoms with Gasteiger partial charge in [0.05, 0.1) is 11.1 Å². The molecule has 0 unspecified atom stereocenters. The third-order valence-electron chi connectivity index (χ3n) is 2.41. The summed E-state index contributed by atoms with van der Waals surface area (Å²) >= 11 is 5.68. The maximum Gasteiger partial charge on any atom is 0.276 e. The highest BCUT2D eigenvalue weighted by Crippen LogP contribution is 2.13. The van der Waals surface area contributed by atoms with Crippen molar-refractivity contribution >= 4 is 27.8 Å². The molecule has 0 heterocycles. The Labute approximate surface area is 120 Å². The summed E-state index contributed by atoms with van der Waals surface area (Å²) in [5.74, 6) is -0.484. The highest BCUT2D eigenvalue weighted by molar-refractivity contribution is 7.89. The Bertz CT molecular complexity index is 730. The Morgan fingerprint density at radius 3 is 2.40 bits per heavy atom. The van der Waals surface area contributed by atoms with E-state index in [1.54, 1.807) is 6.07 Å². The fourth-order valence-electron chi connectivity index (χ4n) is 1.41. The zero-order valence-corrected chi connectivity index (χ0v) is 11.7. The van der Waals surface area contributed by atoms with E-state index in [1.165, 1.54) is 42.5 Å². The van der Waals surface area contributed by atoms with Crippen LogP contribution in [0.4, 0.5) is 4.39 Å². The van der Waals surface area contributed by atoms with Gasteiger partial charge < -0.3 is 0 Å². The lowest BCUT2D eigenvalue weighted by atomic mass is 10.2. The zero-order valence-electron chi connectivity index (χ0n) is 10.1. The van der Waals surface area contributed by atoms with Gasteiger partial charge in [0.1, 0.15) is 5.82 Å². The van der Waals surface area contributed by atoms with Crippen molar-refractivity contribution in [1.82, 2.24) is 4.83 Å². The van der Waals surface area contributed by atoms with Gasteiger partial charge in [-0.2, -0.15) is 13.5 Å². The van der Waals surface area contributed by atoms with Crippen LogP contribution in [0.1, 0.15) is 5.56 Å². The molecule has 0 aromatic heterocycles. The lowest BCUT2D eigenvalue weighted by Crippen LogP contribution is -2.18. The fraction of sp³-hybridized carbons (Fsp3) is 0. The van der Waals surface area contributed by atoms with Crippen LogP contribution in [0.25, 0.3) is 0 Å². The van der Waals surface area contributed by atoms with E-state index < -0.39 is 15.8 Å². The van der Waals surface area contributed by atoms with Crippen molar-refractivity contribution in [3.8, 4) is 0 Å². The van der Waals surface area contributed by atoms with Gasteiger partial charge in [0, 0.05) is 10.6 Å². The minimum Gasteiger partial charge on any atom is -0.206 e. The van der Waals surface area contributed by atoms with Crippen LogP contribution in [0, 0.1) is 5.82 Å². The van der Waals surface area contributed by atoms with Gasteiger partial charge in [-0.15, -0.1) is 0 Å². The summed E-state index contributed by atoms with van der Waals surface area (Å²) in [6.07, 6.45) is 1.10. The fourth-order valence-corrected chi connectivity index (χ4v) is 2.33. The maximum atomic E-state index is 13.3. The van der Waals surface area contributed by atoms with Crippen molar-refractivity contribution in [2.24, 2.45) is 5.10 Å². The predicted molar refractivity (Wildman–Crippen MR) is 75.8 cm³/mol. The van der Waals surface area contributed by atoms with Crippen molar-refractivity contribution in [2.45, 2.75) is 4.90 Å². The molecule has 0 aliphatic rings. The molecule has 1 N–H and O–H groups in total. The molecule has 104 valence electrons. The Morgan fingerprint density at radius 2 is 1.75 bits per heavy atom. The standard InChI is InChI=1S/C13H10ClFN2O2S/c14-11-5-7-12(8-6-11)20(18,19)17-16-9-10-3-1-2-4-13(10)15/h1-9,17H. The summed E-state index contributed by atoms with van der Waals surface area (Å²) in [7, 11) is -3.79. The van der Waals surface area contributed by atoms with Crippen molar-refractivity contribution in [3.63, 3.8) is 0 Å². The molecule has 2 rings (SSSR count). The number of halogens is 2. The van der Waals surface area contributed by atoms with Crippen molar-refractivity contribution in [1.29, 1.82) is 0 Å². The molecule has 4 nitrogen and oxygen atoms in total. The van der Waals surface area contributed by atoms with Crippen LogP contribution in [0.15, 0.2) is 58.5 Å². The molecular formula is C13H10ClFN2O2S. The molecule has 0 saturated carbocycles. The molecule has 2 aromatic rings. The van der Waals surface area contributed by atoms with Crippen LogP contribution in [0.5, 0.6) is 0 Å². The van der Waals surface area contributed by atoms with Crippen LogP contribution >= 0.6 is 11.6 Å². The summed E-state index contributed by atoms with van der Waals surface area (Å²) in [5.41, 5.74) is 0.186. The highest BCUT2D eigenvalue weighted by atomic mass is 35.5. The second-order valence-electron chi connectivity index (χ2n) is 3.83. The minimum atomic E-state index is -3.79. The van der Waals surface area contributed by atoms with Gasteiger partial charge in [0.25, 0.3) is 10.0 Å². The Hall–Kier alpha value is -1.92. The smallest absolute Gasteiger partial charge is 0.206 e. The van der Waals surface area contributed by atoms with Crippen molar-refractivity contribution in [3.05, 3.63) is 64.9 Å². The van der Waals surface area contributed by atoms with E-state index in [1.807, 2.05) is 4.83 Å². The molecule has 0 aliphatic heterocycles. The van der Waals surface area contributed by atoms with Gasteiger partial charge in [-0.05, 0) is 30.3 Å². The monoisotopic (exact) mass is 312 g/mol. The summed E-state index contributed by atoms with van der Waals surface area (Å²) in [4.78, 5) is 2.02. The number of hydrogen-bond acceptors (Lipinski definition) is 3. The molecule has 0 amide bonds. The largest absolute Gasteiger partial charge is 0.276 e. The SMILES string of the molecule is O=S(=O)(NN=Cc1ccccc1F)c1ccc(Cl)cc1. The molecule has 0 aliphatic carbocycles. The topological polar surface area (TPSA) is 58.5 Å². The molecule has 2 aromatic carbocycles. The summed E-state index contributed by atoms with van der Waals surface area (Å²) < 4.78 is 37.0. The first-order chi connectivity index (χ1) is 9.49. The van der Waals surface area contributed by atoms with E-state index in [0.717, 1.165) is 6.21 Å². The summed E-state index contributed by atoms with van der Waals surface area (Å²) in [5, 5.41) is 3.97. The number of nitrogens with zero attached hydrogens (tertiary/aromatic N) is 1. The van der Waals surface area contributed by atoms with Gasteiger partial charge in [0.2, 0.25) is 0 Å². The molecule has 7 heteroatoms. The lowest BCUT2D eigenvalue weighted by Gasteiger charge is -2.03. The van der Waals surface area contributed by atoms with Crippen molar-refractivity contribution < 1.29 is 12.8 Å². The molecule has 0 atom stereocenters. The molecule has 0 fully saturated rings. The van der Waals surface area contributed by atoms with Gasteiger partial charge in [-0.1, -0.05) is 29.8 Å². The number of rotatable bonds is 4. The van der Waals surface area contributed by atoms with Gasteiger partial charge in [0.15, 0.2) is 0 Å². The quantitative estimate of drug-likeness (QED) is 0.697. The maximum absolute atomic E-state index is 13.3. The van der Waals surface area contributed by atoms with E-state index in [0.29, 0.717) is 5.02 Å². The van der Waals surface area contributed by atoms with Crippen LogP contribution in [-0.4, -0.2) is 14.6 Å². The molecule has 0 radical (unpaired) electrons. The average molecular weight is 313 g/mol. The molecule has 0 bridgehead atoms. The first-order valence-electron chi connectivity index (χ1n) is 5.54. The summed E-state index contributed by atoms with van der Waals surface area (Å²) in [6.45, 7) is 0. The Balaban J connectivity index is 2.14. The molecule has 0 spiro atoms. The lowest BCUT2D eigenvalue weighted by molar-refractivity contribution is 0.584. The first-order valence-corrected chi connectivity index (χ1v) is 7.40. The van der Waals surface area contributed by atoms with Crippen LogP contribution in [-0.2, 0) is 10.0 Å². The molecule has 0 saturated heterocycles. The number of nitrogens with one attached hydrogen (secondary N) is 1. The van der Waals surface area contributed by atoms with E-state index >= 15 is 0 Å². The van der Waals surface area contributed by atoms with E-state index in [2.05, 4.69) is 5.10 Å². The van der Waals surface area contributed by atoms with Gasteiger partial charge >= 0.3 is 0 Å².